The Bertz CT molecular complexity index is 1250. The SMILES string of the molecule is CC[C@H](C)NC(=O)Cn1nc2c(-c3nc(-c4ccc(C)cc4)no3)cccn2c1=O. The molecule has 1 aromatic carbocycles. The zero-order chi connectivity index (χ0) is 21.3. The Labute approximate surface area is 172 Å². The zero-order valence-corrected chi connectivity index (χ0v) is 17.0. The second-order valence-electron chi connectivity index (χ2n) is 7.22. The Morgan fingerprint density at radius 2 is 2.00 bits per heavy atom. The third-order valence-electron chi connectivity index (χ3n) is 4.89. The first kappa shape index (κ1) is 19.6. The lowest BCUT2D eigenvalue weighted by molar-refractivity contribution is -0.122. The van der Waals surface area contributed by atoms with Crippen LogP contribution < -0.4 is 11.0 Å². The lowest BCUT2D eigenvalue weighted by atomic mass is 10.1. The number of fused-ring (bicyclic) bond motifs is 1. The number of carbonyl (C=O) groups is 1. The molecule has 4 aromatic rings. The molecule has 3 aromatic heterocycles. The smallest absolute Gasteiger partial charge is 0.350 e. The van der Waals surface area contributed by atoms with E-state index < -0.39 is 5.69 Å². The number of nitrogens with one attached hydrogen (secondary N) is 1. The van der Waals surface area contributed by atoms with Crippen LogP contribution in [0.25, 0.3) is 28.5 Å². The molecule has 0 saturated heterocycles. The summed E-state index contributed by atoms with van der Waals surface area (Å²) in [4.78, 5) is 29.3. The number of rotatable bonds is 6. The summed E-state index contributed by atoms with van der Waals surface area (Å²) in [6.45, 7) is 5.72. The van der Waals surface area contributed by atoms with E-state index in [0.717, 1.165) is 22.2 Å². The van der Waals surface area contributed by atoms with Crippen LogP contribution in [0.4, 0.5) is 0 Å². The van der Waals surface area contributed by atoms with Gasteiger partial charge in [-0.25, -0.2) is 13.9 Å². The van der Waals surface area contributed by atoms with E-state index in [2.05, 4.69) is 20.6 Å². The van der Waals surface area contributed by atoms with Gasteiger partial charge in [0.1, 0.15) is 6.54 Å². The van der Waals surface area contributed by atoms with E-state index in [9.17, 15) is 9.59 Å². The number of hydrogen-bond acceptors (Lipinski definition) is 6. The summed E-state index contributed by atoms with van der Waals surface area (Å²) < 4.78 is 7.93. The third-order valence-corrected chi connectivity index (χ3v) is 4.89. The molecule has 9 nitrogen and oxygen atoms in total. The first-order valence-corrected chi connectivity index (χ1v) is 9.75. The van der Waals surface area contributed by atoms with Gasteiger partial charge in [-0.05, 0) is 32.4 Å². The van der Waals surface area contributed by atoms with Gasteiger partial charge in [0.05, 0.1) is 5.56 Å². The average Bonchev–Trinajstić information content (AvgIpc) is 3.34. The molecular formula is C21H22N6O3. The van der Waals surface area contributed by atoms with E-state index in [1.54, 1.807) is 18.3 Å². The van der Waals surface area contributed by atoms with E-state index in [4.69, 9.17) is 4.52 Å². The van der Waals surface area contributed by atoms with Gasteiger partial charge in [0.2, 0.25) is 11.7 Å². The minimum absolute atomic E-state index is 0.0272. The summed E-state index contributed by atoms with van der Waals surface area (Å²) in [5.74, 6) is 0.426. The number of nitrogens with zero attached hydrogens (tertiary/aromatic N) is 5. The van der Waals surface area contributed by atoms with Crippen LogP contribution in [-0.2, 0) is 11.3 Å². The van der Waals surface area contributed by atoms with Crippen LogP contribution >= 0.6 is 0 Å². The highest BCUT2D eigenvalue weighted by Gasteiger charge is 2.18. The average molecular weight is 406 g/mol. The summed E-state index contributed by atoms with van der Waals surface area (Å²) in [6, 6.07) is 11.2. The highest BCUT2D eigenvalue weighted by Crippen LogP contribution is 2.24. The molecule has 0 spiro atoms. The summed E-state index contributed by atoms with van der Waals surface area (Å²) in [5, 5.41) is 11.2. The molecule has 1 N–H and O–H groups in total. The molecular weight excluding hydrogens is 384 g/mol. The van der Waals surface area contributed by atoms with Crippen LogP contribution in [0.5, 0.6) is 0 Å². The van der Waals surface area contributed by atoms with Gasteiger partial charge >= 0.3 is 5.69 Å². The van der Waals surface area contributed by atoms with Gasteiger partial charge in [0, 0.05) is 17.8 Å². The van der Waals surface area contributed by atoms with Gasteiger partial charge < -0.3 is 9.84 Å². The van der Waals surface area contributed by atoms with Crippen LogP contribution in [0.1, 0.15) is 25.8 Å². The molecule has 30 heavy (non-hydrogen) atoms. The van der Waals surface area contributed by atoms with Crippen LogP contribution in [0.15, 0.2) is 51.9 Å². The van der Waals surface area contributed by atoms with Gasteiger partial charge in [0.15, 0.2) is 5.65 Å². The van der Waals surface area contributed by atoms with Gasteiger partial charge in [-0.2, -0.15) is 4.98 Å². The molecule has 154 valence electrons. The molecule has 1 amide bonds. The molecule has 4 rings (SSSR count). The lowest BCUT2D eigenvalue weighted by Crippen LogP contribution is -2.37. The van der Waals surface area contributed by atoms with Crippen molar-refractivity contribution in [2.45, 2.75) is 39.8 Å². The quantitative estimate of drug-likeness (QED) is 0.527. The second kappa shape index (κ2) is 7.94. The highest BCUT2D eigenvalue weighted by atomic mass is 16.5. The number of aromatic nitrogens is 5. The maximum Gasteiger partial charge on any atom is 0.350 e. The zero-order valence-electron chi connectivity index (χ0n) is 17.0. The predicted molar refractivity (Wildman–Crippen MR) is 111 cm³/mol. The van der Waals surface area contributed by atoms with Gasteiger partial charge in [-0.1, -0.05) is 41.9 Å². The lowest BCUT2D eigenvalue weighted by Gasteiger charge is -2.10. The van der Waals surface area contributed by atoms with Crippen molar-refractivity contribution in [3.8, 4) is 22.8 Å². The van der Waals surface area contributed by atoms with Gasteiger partial charge in [0.25, 0.3) is 5.89 Å². The van der Waals surface area contributed by atoms with Crippen molar-refractivity contribution in [2.24, 2.45) is 0 Å². The van der Waals surface area contributed by atoms with Gasteiger partial charge in [-0.3, -0.25) is 4.79 Å². The Kier molecular flexibility index (Phi) is 5.18. The van der Waals surface area contributed by atoms with E-state index in [1.165, 1.54) is 4.40 Å². The topological polar surface area (TPSA) is 107 Å². The molecule has 0 fully saturated rings. The molecule has 0 radical (unpaired) electrons. The maximum absolute atomic E-state index is 12.7. The molecule has 0 unspecified atom stereocenters. The van der Waals surface area contributed by atoms with E-state index in [1.807, 2.05) is 45.0 Å². The van der Waals surface area contributed by atoms with Crippen molar-refractivity contribution >= 4 is 11.6 Å². The standard InChI is InChI=1S/C21H22N6O3/c1-4-14(3)22-17(28)12-27-21(29)26-11-5-6-16(19(26)24-27)20-23-18(25-30-20)15-9-7-13(2)8-10-15/h5-11,14H,4,12H2,1-3H3,(H,22,28)/t14-/m0/s1. The molecule has 3 heterocycles. The van der Waals surface area contributed by atoms with E-state index in [-0.39, 0.29) is 24.4 Å². The van der Waals surface area contributed by atoms with E-state index in [0.29, 0.717) is 17.0 Å². The first-order chi connectivity index (χ1) is 14.5. The number of hydrogen-bond donors (Lipinski definition) is 1. The van der Waals surface area contributed by atoms with Crippen LogP contribution in [0.2, 0.25) is 0 Å². The Hall–Kier alpha value is -3.75. The molecule has 0 aliphatic carbocycles. The fourth-order valence-electron chi connectivity index (χ4n) is 3.02. The fraction of sp³-hybridized carbons (Fsp3) is 0.286. The Morgan fingerprint density at radius 1 is 1.23 bits per heavy atom. The largest absolute Gasteiger partial charge is 0.352 e. The third kappa shape index (κ3) is 3.73. The summed E-state index contributed by atoms with van der Waals surface area (Å²) in [5.41, 5.74) is 2.41. The van der Waals surface area contributed by atoms with E-state index >= 15 is 0 Å². The molecule has 0 aliphatic heterocycles. The number of carbonyl (C=O) groups excluding carboxylic acids is 1. The van der Waals surface area contributed by atoms with Crippen LogP contribution in [0.3, 0.4) is 0 Å². The minimum atomic E-state index is -0.413. The van der Waals surface area contributed by atoms with Crippen molar-refractivity contribution in [2.75, 3.05) is 0 Å². The first-order valence-electron chi connectivity index (χ1n) is 9.75. The Balaban J connectivity index is 1.68. The molecule has 9 heteroatoms. The summed E-state index contributed by atoms with van der Waals surface area (Å²) in [7, 11) is 0. The number of benzene rings is 1. The summed E-state index contributed by atoms with van der Waals surface area (Å²) in [6.07, 6.45) is 2.39. The molecule has 0 aliphatic rings. The number of amides is 1. The van der Waals surface area contributed by atoms with Crippen molar-refractivity contribution < 1.29 is 9.32 Å². The number of aryl methyl sites for hydroxylation is 1. The predicted octanol–water partition coefficient (Wildman–Crippen LogP) is 2.44. The highest BCUT2D eigenvalue weighted by molar-refractivity contribution is 5.76. The molecule has 0 bridgehead atoms. The second-order valence-corrected chi connectivity index (χ2v) is 7.22. The molecule has 0 saturated carbocycles. The Morgan fingerprint density at radius 3 is 2.73 bits per heavy atom. The van der Waals surface area contributed by atoms with Crippen LogP contribution in [-0.4, -0.2) is 36.3 Å². The summed E-state index contributed by atoms with van der Waals surface area (Å²) >= 11 is 0. The van der Waals surface area contributed by atoms with Crippen molar-refractivity contribution in [3.63, 3.8) is 0 Å². The van der Waals surface area contributed by atoms with Crippen molar-refractivity contribution in [1.82, 2.24) is 29.6 Å². The van der Waals surface area contributed by atoms with Crippen molar-refractivity contribution in [1.29, 1.82) is 0 Å². The maximum atomic E-state index is 12.7. The van der Waals surface area contributed by atoms with Crippen molar-refractivity contribution in [3.05, 3.63) is 58.6 Å². The monoisotopic (exact) mass is 406 g/mol. The normalized spacial score (nSPS) is 12.2. The number of pyridine rings is 1. The minimum Gasteiger partial charge on any atom is -0.352 e. The van der Waals surface area contributed by atoms with Gasteiger partial charge in [-0.15, -0.1) is 5.10 Å². The molecule has 1 atom stereocenters. The fourth-order valence-corrected chi connectivity index (χ4v) is 3.02. The van der Waals surface area contributed by atoms with Crippen LogP contribution in [0, 0.1) is 6.92 Å².